The van der Waals surface area contributed by atoms with Crippen molar-refractivity contribution < 1.29 is 9.90 Å². The summed E-state index contributed by atoms with van der Waals surface area (Å²) in [5.41, 5.74) is 4.72. The van der Waals surface area contributed by atoms with Gasteiger partial charge >= 0.3 is 5.97 Å². The number of aromatic nitrogens is 1. The first-order valence-corrected chi connectivity index (χ1v) is 12.5. The summed E-state index contributed by atoms with van der Waals surface area (Å²) in [7, 11) is 0. The summed E-state index contributed by atoms with van der Waals surface area (Å²) < 4.78 is 1.16. The van der Waals surface area contributed by atoms with E-state index in [4.69, 9.17) is 0 Å². The van der Waals surface area contributed by atoms with Crippen molar-refractivity contribution in [1.29, 1.82) is 0 Å². The minimum absolute atomic E-state index is 0.0829. The highest BCUT2D eigenvalue weighted by atomic mass is 32.1. The molecule has 0 bridgehead atoms. The van der Waals surface area contributed by atoms with Crippen molar-refractivity contribution in [2.45, 2.75) is 60.3 Å². The van der Waals surface area contributed by atoms with Gasteiger partial charge in [0.2, 0.25) is 0 Å². The minimum atomic E-state index is -0.786. The van der Waals surface area contributed by atoms with Gasteiger partial charge in [0.05, 0.1) is 33.0 Å². The number of aryl methyl sites for hydroxylation is 1. The average Bonchev–Trinajstić information content (AvgIpc) is 3.05. The first-order valence-electron chi connectivity index (χ1n) is 11.7. The van der Waals surface area contributed by atoms with Gasteiger partial charge in [-0.15, -0.1) is 11.3 Å². The number of anilines is 3. The van der Waals surface area contributed by atoms with Crippen LogP contribution in [0.25, 0.3) is 10.2 Å². The molecule has 3 rings (SSSR count). The Morgan fingerprint density at radius 2 is 1.76 bits per heavy atom. The summed E-state index contributed by atoms with van der Waals surface area (Å²) in [4.78, 5) is 18.5. The molecule has 2 aromatic carbocycles. The predicted molar refractivity (Wildman–Crippen MR) is 141 cm³/mol. The van der Waals surface area contributed by atoms with Crippen LogP contribution in [0.15, 0.2) is 36.4 Å². The zero-order valence-electron chi connectivity index (χ0n) is 20.9. The van der Waals surface area contributed by atoms with Crippen LogP contribution in [0.5, 0.6) is 0 Å². The quantitative estimate of drug-likeness (QED) is 0.329. The maximum atomic E-state index is 11.5. The van der Waals surface area contributed by atoms with Gasteiger partial charge in [0.25, 0.3) is 0 Å². The fraction of sp³-hybridized carbons (Fsp3) is 0.481. The van der Waals surface area contributed by atoms with Gasteiger partial charge in [0, 0.05) is 24.2 Å². The van der Waals surface area contributed by atoms with Crippen molar-refractivity contribution >= 4 is 44.6 Å². The average molecular weight is 468 g/mol. The van der Waals surface area contributed by atoms with Gasteiger partial charge in [-0.3, -0.25) is 4.79 Å². The summed E-state index contributed by atoms with van der Waals surface area (Å²) in [5.74, 6) is 0.262. The van der Waals surface area contributed by atoms with E-state index in [0.29, 0.717) is 11.8 Å². The van der Waals surface area contributed by atoms with Crippen molar-refractivity contribution in [3.05, 3.63) is 47.0 Å². The Kier molecular flexibility index (Phi) is 7.68. The highest BCUT2D eigenvalue weighted by molar-refractivity contribution is 7.18. The number of hydrogen-bond acceptors (Lipinski definition) is 5. The van der Waals surface area contributed by atoms with E-state index in [1.54, 1.807) is 11.3 Å². The van der Waals surface area contributed by atoms with E-state index in [-0.39, 0.29) is 6.42 Å². The zero-order chi connectivity index (χ0) is 24.3. The number of nitrogens with one attached hydrogen (secondary N) is 1. The van der Waals surface area contributed by atoms with Crippen LogP contribution < -0.4 is 10.2 Å². The Balaban J connectivity index is 2.07. The van der Waals surface area contributed by atoms with E-state index in [1.165, 1.54) is 0 Å². The molecule has 0 fully saturated rings. The van der Waals surface area contributed by atoms with Crippen molar-refractivity contribution in [3.8, 4) is 0 Å². The first kappa shape index (κ1) is 25.0. The summed E-state index contributed by atoms with van der Waals surface area (Å²) in [5, 5.41) is 14.1. The van der Waals surface area contributed by atoms with Gasteiger partial charge in [-0.1, -0.05) is 47.6 Å². The van der Waals surface area contributed by atoms with E-state index in [9.17, 15) is 9.90 Å². The van der Waals surface area contributed by atoms with Crippen LogP contribution in [0.4, 0.5) is 17.1 Å². The van der Waals surface area contributed by atoms with Gasteiger partial charge in [-0.05, 0) is 54.7 Å². The van der Waals surface area contributed by atoms with Crippen LogP contribution in [-0.4, -0.2) is 29.1 Å². The Hall–Kier alpha value is -2.60. The summed E-state index contributed by atoms with van der Waals surface area (Å²) >= 11 is 1.69. The molecule has 0 aliphatic carbocycles. The summed E-state index contributed by atoms with van der Waals surface area (Å²) in [6, 6.07) is 12.6. The number of carbonyl (C=O) groups is 1. The molecule has 2 N–H and O–H groups in total. The number of benzene rings is 2. The minimum Gasteiger partial charge on any atom is -0.481 e. The van der Waals surface area contributed by atoms with Crippen LogP contribution >= 0.6 is 11.3 Å². The van der Waals surface area contributed by atoms with Crippen molar-refractivity contribution in [2.75, 3.05) is 23.3 Å². The van der Waals surface area contributed by atoms with Crippen molar-refractivity contribution in [2.24, 2.45) is 11.8 Å². The lowest BCUT2D eigenvalue weighted by Crippen LogP contribution is -2.32. The van der Waals surface area contributed by atoms with Gasteiger partial charge in [-0.2, -0.15) is 0 Å². The molecular weight excluding hydrogens is 430 g/mol. The lowest BCUT2D eigenvalue weighted by Gasteiger charge is -2.32. The molecule has 6 heteroatoms. The predicted octanol–water partition coefficient (Wildman–Crippen LogP) is 7.22. The van der Waals surface area contributed by atoms with Gasteiger partial charge in [0.1, 0.15) is 0 Å². The van der Waals surface area contributed by atoms with Gasteiger partial charge in [-0.25, -0.2) is 4.98 Å². The highest BCUT2D eigenvalue weighted by Gasteiger charge is 2.26. The molecule has 0 atom stereocenters. The maximum absolute atomic E-state index is 11.5. The largest absolute Gasteiger partial charge is 0.481 e. The van der Waals surface area contributed by atoms with Crippen LogP contribution in [0, 0.1) is 18.8 Å². The molecule has 1 aromatic heterocycles. The normalized spacial score (nSPS) is 12.0. The molecule has 0 saturated heterocycles. The summed E-state index contributed by atoms with van der Waals surface area (Å²) in [6.07, 6.45) is 0.0829. The van der Waals surface area contributed by atoms with Crippen LogP contribution in [-0.2, 0) is 10.2 Å². The monoisotopic (exact) mass is 467 g/mol. The number of rotatable bonds is 10. The first-order chi connectivity index (χ1) is 15.4. The molecule has 0 saturated carbocycles. The fourth-order valence-electron chi connectivity index (χ4n) is 4.24. The molecule has 0 aliphatic heterocycles. The van der Waals surface area contributed by atoms with E-state index in [1.807, 2.05) is 20.8 Å². The number of aliphatic carboxylic acids is 1. The molecule has 178 valence electrons. The summed E-state index contributed by atoms with van der Waals surface area (Å²) in [6.45, 7) is 16.9. The second kappa shape index (κ2) is 10.1. The molecular formula is C27H37N3O2S. The number of carboxylic acid groups (broad SMARTS) is 1. The highest BCUT2D eigenvalue weighted by Crippen LogP contribution is 2.37. The molecule has 1 heterocycles. The van der Waals surface area contributed by atoms with Crippen molar-refractivity contribution in [1.82, 2.24) is 4.98 Å². The third-order valence-corrected chi connectivity index (χ3v) is 6.59. The fourth-order valence-corrected chi connectivity index (χ4v) is 5.11. The van der Waals surface area contributed by atoms with Gasteiger partial charge in [0.15, 0.2) is 0 Å². The number of hydrogen-bond donors (Lipinski definition) is 2. The molecule has 0 unspecified atom stereocenters. The molecule has 33 heavy (non-hydrogen) atoms. The number of carboxylic acids is 1. The van der Waals surface area contributed by atoms with Crippen LogP contribution in [0.3, 0.4) is 0 Å². The standard InChI is InChI=1S/C27H37N3O2S/c1-17(2)15-30(16-18(3)4)24-11-8-20(27(6,7)14-26(31)32)12-23(24)29-21-9-10-22-25(13-21)33-19(5)28-22/h8-13,17-18,29H,14-16H2,1-7H3,(H,31,32). The number of thiazole rings is 1. The smallest absolute Gasteiger partial charge is 0.304 e. The Morgan fingerprint density at radius 1 is 1.09 bits per heavy atom. The Labute approximate surface area is 201 Å². The molecule has 0 radical (unpaired) electrons. The third kappa shape index (κ3) is 6.47. The van der Waals surface area contributed by atoms with E-state index >= 15 is 0 Å². The molecule has 3 aromatic rings. The van der Waals surface area contributed by atoms with Gasteiger partial charge < -0.3 is 15.3 Å². The topological polar surface area (TPSA) is 65.5 Å². The molecule has 0 amide bonds. The SMILES string of the molecule is Cc1nc2ccc(Nc3cc(C(C)(C)CC(=O)O)ccc3N(CC(C)C)CC(C)C)cc2s1. The molecule has 0 aliphatic rings. The molecule has 0 spiro atoms. The third-order valence-electron chi connectivity index (χ3n) is 5.66. The van der Waals surface area contributed by atoms with Crippen LogP contribution in [0.2, 0.25) is 0 Å². The molecule has 5 nitrogen and oxygen atoms in total. The zero-order valence-corrected chi connectivity index (χ0v) is 21.7. The lowest BCUT2D eigenvalue weighted by atomic mass is 9.81. The second-order valence-electron chi connectivity index (χ2n) is 10.4. The maximum Gasteiger partial charge on any atom is 0.304 e. The number of nitrogens with zero attached hydrogens (tertiary/aromatic N) is 2. The van der Waals surface area contributed by atoms with E-state index < -0.39 is 11.4 Å². The number of fused-ring (bicyclic) bond motifs is 1. The van der Waals surface area contributed by atoms with E-state index in [0.717, 1.165) is 50.9 Å². The van der Waals surface area contributed by atoms with E-state index in [2.05, 4.69) is 79.3 Å². The lowest BCUT2D eigenvalue weighted by molar-refractivity contribution is -0.138. The second-order valence-corrected chi connectivity index (χ2v) is 11.7. The Bertz CT molecular complexity index is 1110. The Morgan fingerprint density at radius 3 is 2.36 bits per heavy atom. The van der Waals surface area contributed by atoms with Crippen molar-refractivity contribution in [3.63, 3.8) is 0 Å². The van der Waals surface area contributed by atoms with Crippen LogP contribution in [0.1, 0.15) is 58.5 Å².